The molecule has 0 aromatic heterocycles. The van der Waals surface area contributed by atoms with Gasteiger partial charge in [-0.2, -0.15) is 0 Å². The van der Waals surface area contributed by atoms with Gasteiger partial charge in [-0.1, -0.05) is 33.1 Å². The van der Waals surface area contributed by atoms with Gasteiger partial charge in [0.2, 0.25) is 0 Å². The van der Waals surface area contributed by atoms with Crippen molar-refractivity contribution in [1.29, 1.82) is 0 Å². The first-order valence-electron chi connectivity index (χ1n) is 5.30. The van der Waals surface area contributed by atoms with Gasteiger partial charge in [-0.3, -0.25) is 0 Å². The van der Waals surface area contributed by atoms with E-state index >= 15 is 0 Å². The van der Waals surface area contributed by atoms with Crippen molar-refractivity contribution in [2.24, 2.45) is 11.8 Å². The predicted octanol–water partition coefficient (Wildman–Crippen LogP) is 3.24. The molecule has 1 saturated carbocycles. The Morgan fingerprint density at radius 3 is 2.58 bits per heavy atom. The van der Waals surface area contributed by atoms with Gasteiger partial charge in [0.25, 0.3) is 0 Å². The van der Waals surface area contributed by atoms with E-state index < -0.39 is 0 Å². The van der Waals surface area contributed by atoms with Gasteiger partial charge in [0.15, 0.2) is 0 Å². The maximum Gasteiger partial charge on any atom is 0.0576 e. The van der Waals surface area contributed by atoms with Crippen LogP contribution >= 0.6 is 0 Å². The van der Waals surface area contributed by atoms with Crippen LogP contribution in [0.15, 0.2) is 0 Å². The molecule has 1 rings (SSSR count). The largest absolute Gasteiger partial charge is 0.381 e. The molecule has 0 bridgehead atoms. The molecule has 0 heterocycles. The molecule has 0 aliphatic heterocycles. The zero-order valence-corrected chi connectivity index (χ0v) is 8.68. The molecule has 0 aromatic carbocycles. The van der Waals surface area contributed by atoms with E-state index in [2.05, 4.69) is 13.8 Å². The lowest BCUT2D eigenvalue weighted by Crippen LogP contribution is -2.04. The van der Waals surface area contributed by atoms with Crippen molar-refractivity contribution in [2.45, 2.75) is 52.1 Å². The molecule has 1 fully saturated rings. The highest BCUT2D eigenvalue weighted by Gasteiger charge is 2.30. The smallest absolute Gasteiger partial charge is 0.0576 e. The van der Waals surface area contributed by atoms with E-state index in [-0.39, 0.29) is 0 Å². The second-order valence-electron chi connectivity index (χ2n) is 4.21. The summed E-state index contributed by atoms with van der Waals surface area (Å²) in [7, 11) is 1.85. The van der Waals surface area contributed by atoms with Crippen LogP contribution in [0.25, 0.3) is 0 Å². The molecule has 3 unspecified atom stereocenters. The lowest BCUT2D eigenvalue weighted by atomic mass is 9.93. The zero-order chi connectivity index (χ0) is 8.97. The average Bonchev–Trinajstić information content (AvgIpc) is 2.43. The van der Waals surface area contributed by atoms with Crippen LogP contribution in [0.3, 0.4) is 0 Å². The van der Waals surface area contributed by atoms with Crippen LogP contribution in [0.2, 0.25) is 0 Å². The van der Waals surface area contributed by atoms with Gasteiger partial charge in [0, 0.05) is 7.11 Å². The van der Waals surface area contributed by atoms with Crippen LogP contribution in [0, 0.1) is 11.8 Å². The van der Waals surface area contributed by atoms with Crippen LogP contribution in [0.4, 0.5) is 0 Å². The number of rotatable bonds is 4. The minimum Gasteiger partial charge on any atom is -0.381 e. The van der Waals surface area contributed by atoms with Crippen LogP contribution in [-0.4, -0.2) is 13.2 Å². The molecular weight excluding hydrogens is 148 g/mol. The molecule has 0 aromatic rings. The second-order valence-corrected chi connectivity index (χ2v) is 4.21. The lowest BCUT2D eigenvalue weighted by molar-refractivity contribution is 0.103. The van der Waals surface area contributed by atoms with E-state index in [1.165, 1.54) is 32.1 Å². The van der Waals surface area contributed by atoms with E-state index in [1.54, 1.807) is 0 Å². The topological polar surface area (TPSA) is 9.23 Å². The van der Waals surface area contributed by atoms with Crippen molar-refractivity contribution in [3.05, 3.63) is 0 Å². The third-order valence-electron chi connectivity index (χ3n) is 3.27. The summed E-state index contributed by atoms with van der Waals surface area (Å²) in [5.74, 6) is 1.83. The molecule has 3 atom stereocenters. The molecule has 1 aliphatic rings. The van der Waals surface area contributed by atoms with Crippen LogP contribution in [-0.2, 0) is 4.74 Å². The molecule has 0 amide bonds. The molecule has 0 radical (unpaired) electrons. The molecule has 0 spiro atoms. The van der Waals surface area contributed by atoms with Gasteiger partial charge in [0.1, 0.15) is 0 Å². The van der Waals surface area contributed by atoms with Crippen molar-refractivity contribution in [3.63, 3.8) is 0 Å². The van der Waals surface area contributed by atoms with Crippen molar-refractivity contribution >= 4 is 0 Å². The molecule has 1 nitrogen and oxygen atoms in total. The fraction of sp³-hybridized carbons (Fsp3) is 1.00. The molecule has 12 heavy (non-hydrogen) atoms. The van der Waals surface area contributed by atoms with Crippen molar-refractivity contribution in [1.82, 2.24) is 0 Å². The van der Waals surface area contributed by atoms with E-state index in [4.69, 9.17) is 4.74 Å². The number of hydrogen-bond acceptors (Lipinski definition) is 1. The third-order valence-corrected chi connectivity index (χ3v) is 3.27. The SMILES string of the molecule is CCCCC1CC(OC)CC1C. The van der Waals surface area contributed by atoms with Gasteiger partial charge in [-0.05, 0) is 24.7 Å². The minimum atomic E-state index is 0.557. The minimum absolute atomic E-state index is 0.557. The normalized spacial score (nSPS) is 35.8. The number of unbranched alkanes of at least 4 members (excludes halogenated alkanes) is 1. The summed E-state index contributed by atoms with van der Waals surface area (Å²) in [4.78, 5) is 0. The van der Waals surface area contributed by atoms with Crippen molar-refractivity contribution in [3.8, 4) is 0 Å². The summed E-state index contributed by atoms with van der Waals surface area (Å²) < 4.78 is 5.39. The maximum atomic E-state index is 5.39. The Bertz CT molecular complexity index is 122. The standard InChI is InChI=1S/C11H22O/c1-4-5-6-10-8-11(12-3)7-9(10)2/h9-11H,4-8H2,1-3H3. The van der Waals surface area contributed by atoms with Gasteiger partial charge in [-0.25, -0.2) is 0 Å². The molecular formula is C11H22O. The predicted molar refractivity (Wildman–Crippen MR) is 52.2 cm³/mol. The summed E-state index contributed by atoms with van der Waals surface area (Å²) in [6, 6.07) is 0. The number of ether oxygens (including phenoxy) is 1. The summed E-state index contributed by atoms with van der Waals surface area (Å²) in [5.41, 5.74) is 0. The van der Waals surface area contributed by atoms with Gasteiger partial charge < -0.3 is 4.74 Å². The first-order chi connectivity index (χ1) is 5.77. The highest BCUT2D eigenvalue weighted by Crippen LogP contribution is 2.36. The fourth-order valence-electron chi connectivity index (χ4n) is 2.33. The summed E-state index contributed by atoms with van der Waals surface area (Å²) >= 11 is 0. The van der Waals surface area contributed by atoms with Crippen molar-refractivity contribution < 1.29 is 4.74 Å². The zero-order valence-electron chi connectivity index (χ0n) is 8.68. The van der Waals surface area contributed by atoms with E-state index in [0.717, 1.165) is 11.8 Å². The first-order valence-corrected chi connectivity index (χ1v) is 5.30. The maximum absolute atomic E-state index is 5.39. The molecule has 0 N–H and O–H groups in total. The van der Waals surface area contributed by atoms with E-state index in [0.29, 0.717) is 6.10 Å². The molecule has 72 valence electrons. The summed E-state index contributed by atoms with van der Waals surface area (Å²) in [6.07, 6.45) is 7.29. The third kappa shape index (κ3) is 2.48. The lowest BCUT2D eigenvalue weighted by Gasteiger charge is -2.13. The highest BCUT2D eigenvalue weighted by atomic mass is 16.5. The monoisotopic (exact) mass is 170 g/mol. The van der Waals surface area contributed by atoms with Gasteiger partial charge in [0.05, 0.1) is 6.10 Å². The Labute approximate surface area is 76.5 Å². The van der Waals surface area contributed by atoms with Crippen LogP contribution in [0.1, 0.15) is 46.0 Å². The molecule has 1 aliphatic carbocycles. The Hall–Kier alpha value is -0.0400. The van der Waals surface area contributed by atoms with Gasteiger partial charge >= 0.3 is 0 Å². The summed E-state index contributed by atoms with van der Waals surface area (Å²) in [6.45, 7) is 4.65. The van der Waals surface area contributed by atoms with Gasteiger partial charge in [-0.15, -0.1) is 0 Å². The molecule has 1 heteroatoms. The van der Waals surface area contributed by atoms with E-state index in [1.807, 2.05) is 7.11 Å². The number of methoxy groups -OCH3 is 1. The first kappa shape index (κ1) is 10.0. The fourth-order valence-corrected chi connectivity index (χ4v) is 2.33. The molecule has 0 saturated heterocycles. The quantitative estimate of drug-likeness (QED) is 0.629. The average molecular weight is 170 g/mol. The van der Waals surface area contributed by atoms with Crippen LogP contribution < -0.4 is 0 Å². The second kappa shape index (κ2) is 4.86. The van der Waals surface area contributed by atoms with Crippen LogP contribution in [0.5, 0.6) is 0 Å². The Kier molecular flexibility index (Phi) is 4.07. The van der Waals surface area contributed by atoms with Crippen molar-refractivity contribution in [2.75, 3.05) is 7.11 Å². The Morgan fingerprint density at radius 2 is 2.08 bits per heavy atom. The van der Waals surface area contributed by atoms with E-state index in [9.17, 15) is 0 Å². The Balaban J connectivity index is 2.25. The Morgan fingerprint density at radius 1 is 1.33 bits per heavy atom. The number of hydrogen-bond donors (Lipinski definition) is 0. The highest BCUT2D eigenvalue weighted by molar-refractivity contribution is 4.81. The summed E-state index contributed by atoms with van der Waals surface area (Å²) in [5, 5.41) is 0.